The molecule has 0 bridgehead atoms. The first kappa shape index (κ1) is 9.15. The van der Waals surface area contributed by atoms with E-state index in [9.17, 15) is 0 Å². The summed E-state index contributed by atoms with van der Waals surface area (Å²) < 4.78 is 0. The van der Waals surface area contributed by atoms with Gasteiger partial charge in [-0.1, -0.05) is 17.4 Å². The lowest BCUT2D eigenvalue weighted by molar-refractivity contribution is 1.24. The molecule has 2 aromatic heterocycles. The number of hydrogen-bond donors (Lipinski definition) is 1. The highest BCUT2D eigenvalue weighted by molar-refractivity contribution is 7.19. The Labute approximate surface area is 86.8 Å². The molecule has 0 aromatic carbocycles. The van der Waals surface area contributed by atoms with Crippen LogP contribution in [-0.4, -0.2) is 17.0 Å². The van der Waals surface area contributed by atoms with Crippen LogP contribution in [0.1, 0.15) is 5.69 Å². The predicted molar refractivity (Wildman–Crippen MR) is 59.6 cm³/mol. The van der Waals surface area contributed by atoms with Crippen molar-refractivity contribution in [2.45, 2.75) is 6.92 Å². The van der Waals surface area contributed by atoms with Crippen LogP contribution in [0, 0.1) is 6.92 Å². The summed E-state index contributed by atoms with van der Waals surface area (Å²) >= 11 is 1.63. The van der Waals surface area contributed by atoms with Crippen LogP contribution in [0.2, 0.25) is 0 Å². The summed E-state index contributed by atoms with van der Waals surface area (Å²) in [4.78, 5) is 9.81. The van der Waals surface area contributed by atoms with E-state index < -0.39 is 0 Å². The van der Waals surface area contributed by atoms with Gasteiger partial charge >= 0.3 is 0 Å². The van der Waals surface area contributed by atoms with Gasteiger partial charge in [-0.3, -0.25) is 4.98 Å². The second kappa shape index (κ2) is 3.75. The van der Waals surface area contributed by atoms with Crippen molar-refractivity contribution in [2.24, 2.45) is 0 Å². The van der Waals surface area contributed by atoms with Gasteiger partial charge in [0.2, 0.25) is 0 Å². The number of aromatic nitrogens is 2. The lowest BCUT2D eigenvalue weighted by Crippen LogP contribution is -1.85. The highest BCUT2D eigenvalue weighted by Crippen LogP contribution is 2.30. The smallest absolute Gasteiger partial charge is 0.183 e. The average Bonchev–Trinajstić information content (AvgIpc) is 2.61. The maximum absolute atomic E-state index is 4.37. The molecule has 0 spiro atoms. The molecule has 1 N–H and O–H groups in total. The van der Waals surface area contributed by atoms with Gasteiger partial charge in [-0.05, 0) is 19.1 Å². The molecule has 0 aliphatic heterocycles. The molecule has 2 heterocycles. The lowest BCUT2D eigenvalue weighted by Gasteiger charge is -1.94. The van der Waals surface area contributed by atoms with Crippen LogP contribution in [0.5, 0.6) is 0 Å². The number of hydrogen-bond acceptors (Lipinski definition) is 4. The van der Waals surface area contributed by atoms with Crippen LogP contribution >= 0.6 is 11.3 Å². The molecule has 0 atom stereocenters. The van der Waals surface area contributed by atoms with Gasteiger partial charge in [0.15, 0.2) is 5.13 Å². The van der Waals surface area contributed by atoms with E-state index in [2.05, 4.69) is 15.3 Å². The van der Waals surface area contributed by atoms with Crippen molar-refractivity contribution in [3.05, 3.63) is 30.1 Å². The Hall–Kier alpha value is -1.42. The SMILES string of the molecule is CNc1nc(C)c(-c2ccccn2)s1. The maximum atomic E-state index is 4.37. The van der Waals surface area contributed by atoms with Crippen molar-refractivity contribution >= 4 is 16.5 Å². The Morgan fingerprint density at radius 3 is 2.79 bits per heavy atom. The van der Waals surface area contributed by atoms with E-state index in [1.54, 1.807) is 17.5 Å². The van der Waals surface area contributed by atoms with E-state index >= 15 is 0 Å². The van der Waals surface area contributed by atoms with E-state index in [4.69, 9.17) is 0 Å². The molecule has 0 radical (unpaired) electrons. The minimum absolute atomic E-state index is 0.933. The minimum Gasteiger partial charge on any atom is -0.365 e. The lowest BCUT2D eigenvalue weighted by atomic mass is 10.3. The molecule has 0 aliphatic carbocycles. The summed E-state index contributed by atoms with van der Waals surface area (Å²) in [6, 6.07) is 5.90. The first-order valence-corrected chi connectivity index (χ1v) is 5.19. The number of pyridine rings is 1. The van der Waals surface area contributed by atoms with Crippen molar-refractivity contribution in [2.75, 3.05) is 12.4 Å². The largest absolute Gasteiger partial charge is 0.365 e. The van der Waals surface area contributed by atoms with Crippen LogP contribution in [0.15, 0.2) is 24.4 Å². The predicted octanol–water partition coefficient (Wildman–Crippen LogP) is 2.56. The van der Waals surface area contributed by atoms with Crippen LogP contribution in [0.3, 0.4) is 0 Å². The summed E-state index contributed by atoms with van der Waals surface area (Å²) in [7, 11) is 1.88. The van der Waals surface area contributed by atoms with Crippen molar-refractivity contribution in [3.8, 4) is 10.6 Å². The molecule has 0 amide bonds. The Morgan fingerprint density at radius 2 is 2.21 bits per heavy atom. The van der Waals surface area contributed by atoms with Crippen LogP contribution in [0.25, 0.3) is 10.6 Å². The molecule has 3 nitrogen and oxygen atoms in total. The Bertz CT molecular complexity index is 422. The normalized spacial score (nSPS) is 10.1. The highest BCUT2D eigenvalue weighted by Gasteiger charge is 2.08. The van der Waals surface area contributed by atoms with Crippen LogP contribution < -0.4 is 5.32 Å². The van der Waals surface area contributed by atoms with E-state index in [-0.39, 0.29) is 0 Å². The third-order valence-corrected chi connectivity index (χ3v) is 3.11. The number of nitrogens with zero attached hydrogens (tertiary/aromatic N) is 2. The third-order valence-electron chi connectivity index (χ3n) is 1.91. The monoisotopic (exact) mass is 205 g/mol. The third kappa shape index (κ3) is 1.61. The van der Waals surface area contributed by atoms with Gasteiger partial charge in [0.05, 0.1) is 16.3 Å². The topological polar surface area (TPSA) is 37.8 Å². The Kier molecular flexibility index (Phi) is 2.45. The van der Waals surface area contributed by atoms with Crippen LogP contribution in [0.4, 0.5) is 5.13 Å². The van der Waals surface area contributed by atoms with Gasteiger partial charge in [0.25, 0.3) is 0 Å². The van der Waals surface area contributed by atoms with E-state index in [1.165, 1.54) is 0 Å². The number of anilines is 1. The van der Waals surface area contributed by atoms with E-state index in [0.717, 1.165) is 21.4 Å². The molecule has 0 aliphatic rings. The molecular weight excluding hydrogens is 194 g/mol. The molecule has 4 heteroatoms. The first-order chi connectivity index (χ1) is 6.81. The minimum atomic E-state index is 0.933. The van der Waals surface area contributed by atoms with Gasteiger partial charge in [-0.2, -0.15) is 0 Å². The quantitative estimate of drug-likeness (QED) is 0.818. The summed E-state index contributed by atoms with van der Waals surface area (Å²) in [6.45, 7) is 2.00. The molecule has 0 saturated heterocycles. The number of aryl methyl sites for hydroxylation is 1. The van der Waals surface area contributed by atoms with Crippen molar-refractivity contribution < 1.29 is 0 Å². The van der Waals surface area contributed by atoms with Gasteiger partial charge < -0.3 is 5.32 Å². The van der Waals surface area contributed by atoms with E-state index in [1.807, 2.05) is 32.2 Å². The maximum Gasteiger partial charge on any atom is 0.183 e. The molecule has 0 fully saturated rings. The van der Waals surface area contributed by atoms with Gasteiger partial charge in [-0.25, -0.2) is 4.98 Å². The Morgan fingerprint density at radius 1 is 1.36 bits per heavy atom. The van der Waals surface area contributed by atoms with Crippen molar-refractivity contribution in [1.29, 1.82) is 0 Å². The fraction of sp³-hybridized carbons (Fsp3) is 0.200. The van der Waals surface area contributed by atoms with Gasteiger partial charge in [-0.15, -0.1) is 0 Å². The van der Waals surface area contributed by atoms with Crippen molar-refractivity contribution in [3.63, 3.8) is 0 Å². The Balaban J connectivity index is 2.46. The zero-order valence-electron chi connectivity index (χ0n) is 8.11. The molecule has 0 unspecified atom stereocenters. The van der Waals surface area contributed by atoms with Crippen LogP contribution in [-0.2, 0) is 0 Å². The first-order valence-electron chi connectivity index (χ1n) is 4.38. The molecule has 0 saturated carbocycles. The second-order valence-corrected chi connectivity index (χ2v) is 3.90. The highest BCUT2D eigenvalue weighted by atomic mass is 32.1. The summed E-state index contributed by atoms with van der Waals surface area (Å²) in [5, 5.41) is 3.97. The van der Waals surface area contributed by atoms with Crippen molar-refractivity contribution in [1.82, 2.24) is 9.97 Å². The number of nitrogens with one attached hydrogen (secondary N) is 1. The number of rotatable bonds is 2. The van der Waals surface area contributed by atoms with Gasteiger partial charge in [0, 0.05) is 13.2 Å². The standard InChI is InChI=1S/C10H11N3S/c1-7-9(14-10(11-2)13-7)8-5-3-4-6-12-8/h3-6H,1-2H3,(H,11,13). The molecule has 2 rings (SSSR count). The summed E-state index contributed by atoms with van der Waals surface area (Å²) in [5.74, 6) is 0. The number of thiazole rings is 1. The fourth-order valence-electron chi connectivity index (χ4n) is 1.24. The summed E-state index contributed by atoms with van der Waals surface area (Å²) in [5.41, 5.74) is 2.02. The van der Waals surface area contributed by atoms with E-state index in [0.29, 0.717) is 0 Å². The average molecular weight is 205 g/mol. The second-order valence-electron chi connectivity index (χ2n) is 2.90. The zero-order chi connectivity index (χ0) is 9.97. The summed E-state index contributed by atoms with van der Waals surface area (Å²) in [6.07, 6.45) is 1.80. The molecular formula is C10H11N3S. The fourth-order valence-corrected chi connectivity index (χ4v) is 2.13. The van der Waals surface area contributed by atoms with Gasteiger partial charge in [0.1, 0.15) is 0 Å². The molecule has 72 valence electrons. The molecule has 14 heavy (non-hydrogen) atoms. The zero-order valence-corrected chi connectivity index (χ0v) is 8.93. The molecule has 2 aromatic rings.